The lowest BCUT2D eigenvalue weighted by Gasteiger charge is -2.26. The van der Waals surface area contributed by atoms with Crippen molar-refractivity contribution in [2.24, 2.45) is 5.92 Å². The van der Waals surface area contributed by atoms with Crippen LogP contribution in [0.15, 0.2) is 35.3 Å². The number of aryl methyl sites for hydroxylation is 4. The van der Waals surface area contributed by atoms with Crippen molar-refractivity contribution in [1.29, 1.82) is 0 Å². The summed E-state index contributed by atoms with van der Waals surface area (Å²) in [6.45, 7) is 8.22. The Labute approximate surface area is 177 Å². The zero-order chi connectivity index (χ0) is 21.0. The van der Waals surface area contributed by atoms with Crippen LogP contribution in [0.3, 0.4) is 0 Å². The van der Waals surface area contributed by atoms with Crippen molar-refractivity contribution in [1.82, 2.24) is 9.97 Å². The second-order valence-corrected chi connectivity index (χ2v) is 8.93. The molecular formula is C24H30N2O2S. The van der Waals surface area contributed by atoms with Gasteiger partial charge >= 0.3 is 0 Å². The minimum absolute atomic E-state index is 0.0760. The van der Waals surface area contributed by atoms with Crippen LogP contribution in [0.5, 0.6) is 0 Å². The summed E-state index contributed by atoms with van der Waals surface area (Å²) in [7, 11) is 0. The van der Waals surface area contributed by atoms with Crippen LogP contribution in [0.25, 0.3) is 5.57 Å². The topological polar surface area (TPSA) is 63.1 Å². The molecule has 5 heteroatoms. The van der Waals surface area contributed by atoms with E-state index in [4.69, 9.17) is 0 Å². The Morgan fingerprint density at radius 3 is 2.31 bits per heavy atom. The van der Waals surface area contributed by atoms with Gasteiger partial charge in [-0.15, -0.1) is 11.8 Å². The number of aliphatic hydroxyl groups is 1. The molecule has 0 amide bonds. The molecule has 1 N–H and O–H groups in total. The van der Waals surface area contributed by atoms with Gasteiger partial charge in [0.1, 0.15) is 10.8 Å². The molecule has 3 rings (SSSR count). The van der Waals surface area contributed by atoms with Gasteiger partial charge in [0.2, 0.25) is 0 Å². The predicted molar refractivity (Wildman–Crippen MR) is 119 cm³/mol. The normalized spacial score (nSPS) is 17.1. The number of rotatable bonds is 7. The van der Waals surface area contributed by atoms with Gasteiger partial charge in [0.25, 0.3) is 0 Å². The number of nitrogens with zero attached hydrogens (tertiary/aromatic N) is 2. The number of thioether (sulfide) groups is 1. The van der Waals surface area contributed by atoms with Gasteiger partial charge in [0.05, 0.1) is 17.5 Å². The first-order chi connectivity index (χ1) is 13.9. The molecule has 1 aliphatic carbocycles. The third kappa shape index (κ3) is 5.08. The molecule has 1 aliphatic rings. The fourth-order valence-corrected chi connectivity index (χ4v) is 4.98. The number of carbonyl (C=O) groups is 1. The molecule has 1 atom stereocenters. The van der Waals surface area contributed by atoms with Crippen molar-refractivity contribution < 1.29 is 9.90 Å². The molecule has 0 bridgehead atoms. The van der Waals surface area contributed by atoms with E-state index in [2.05, 4.69) is 42.9 Å². The summed E-state index contributed by atoms with van der Waals surface area (Å²) in [5.41, 5.74) is 5.97. The highest BCUT2D eigenvalue weighted by atomic mass is 32.2. The van der Waals surface area contributed by atoms with Crippen LogP contribution in [0.1, 0.15) is 61.1 Å². The van der Waals surface area contributed by atoms with E-state index in [0.29, 0.717) is 18.4 Å². The minimum Gasteiger partial charge on any atom is -0.512 e. The van der Waals surface area contributed by atoms with Gasteiger partial charge in [-0.3, -0.25) is 9.78 Å². The van der Waals surface area contributed by atoms with Crippen LogP contribution in [-0.4, -0.2) is 26.6 Å². The van der Waals surface area contributed by atoms with Gasteiger partial charge in [-0.25, -0.2) is 4.98 Å². The number of hydrogen-bond acceptors (Lipinski definition) is 5. The maximum absolute atomic E-state index is 13.1. The van der Waals surface area contributed by atoms with Gasteiger partial charge < -0.3 is 5.11 Å². The van der Waals surface area contributed by atoms with Crippen LogP contribution < -0.4 is 0 Å². The fraction of sp³-hybridized carbons (Fsp3) is 0.458. The SMILES string of the molecule is CCc1cc(C)cc(CC)c1C1=C(O)CC(CCSc2cnc(C)cn2)CC1=O. The minimum atomic E-state index is 0.0760. The first-order valence-corrected chi connectivity index (χ1v) is 11.4. The smallest absolute Gasteiger partial charge is 0.167 e. The largest absolute Gasteiger partial charge is 0.512 e. The van der Waals surface area contributed by atoms with E-state index in [0.717, 1.165) is 52.4 Å². The average molecular weight is 411 g/mol. The fourth-order valence-electron chi connectivity index (χ4n) is 4.07. The van der Waals surface area contributed by atoms with Crippen molar-refractivity contribution >= 4 is 23.1 Å². The zero-order valence-electron chi connectivity index (χ0n) is 17.8. The number of aromatic nitrogens is 2. The molecule has 2 aromatic rings. The monoisotopic (exact) mass is 410 g/mol. The number of hydrogen-bond donors (Lipinski definition) is 1. The third-order valence-electron chi connectivity index (χ3n) is 5.51. The molecule has 0 fully saturated rings. The first-order valence-electron chi connectivity index (χ1n) is 10.4. The summed E-state index contributed by atoms with van der Waals surface area (Å²) in [5.74, 6) is 1.38. The summed E-state index contributed by atoms with van der Waals surface area (Å²) in [4.78, 5) is 21.7. The van der Waals surface area contributed by atoms with Crippen LogP contribution in [0.2, 0.25) is 0 Å². The van der Waals surface area contributed by atoms with E-state index in [1.165, 1.54) is 5.56 Å². The molecule has 1 aromatic carbocycles. The van der Waals surface area contributed by atoms with Gasteiger partial charge in [-0.1, -0.05) is 31.5 Å². The quantitative estimate of drug-likeness (QED) is 0.598. The van der Waals surface area contributed by atoms with Crippen molar-refractivity contribution in [2.75, 3.05) is 5.75 Å². The molecule has 1 aromatic heterocycles. The number of ketones is 1. The number of carbonyl (C=O) groups excluding carboxylic acids is 1. The Hall–Kier alpha value is -2.14. The first kappa shape index (κ1) is 21.6. The van der Waals surface area contributed by atoms with Crippen molar-refractivity contribution in [3.8, 4) is 0 Å². The molecule has 0 radical (unpaired) electrons. The van der Waals surface area contributed by atoms with E-state index in [1.54, 1.807) is 24.2 Å². The van der Waals surface area contributed by atoms with E-state index in [1.807, 2.05) is 6.92 Å². The molecule has 1 unspecified atom stereocenters. The molecule has 4 nitrogen and oxygen atoms in total. The number of aliphatic hydroxyl groups excluding tert-OH is 1. The molecule has 0 spiro atoms. The average Bonchev–Trinajstić information content (AvgIpc) is 2.69. The summed E-state index contributed by atoms with van der Waals surface area (Å²) >= 11 is 1.65. The lowest BCUT2D eigenvalue weighted by atomic mass is 9.79. The Morgan fingerprint density at radius 2 is 1.76 bits per heavy atom. The van der Waals surface area contributed by atoms with E-state index in [9.17, 15) is 9.90 Å². The molecule has 0 saturated heterocycles. The highest BCUT2D eigenvalue weighted by Gasteiger charge is 2.30. The Kier molecular flexibility index (Phi) is 7.12. The van der Waals surface area contributed by atoms with Crippen LogP contribution >= 0.6 is 11.8 Å². The Balaban J connectivity index is 1.75. The van der Waals surface area contributed by atoms with Crippen LogP contribution in [0, 0.1) is 19.8 Å². The molecule has 0 aliphatic heterocycles. The number of benzene rings is 1. The Bertz CT molecular complexity index is 894. The zero-order valence-corrected chi connectivity index (χ0v) is 18.6. The Morgan fingerprint density at radius 1 is 1.07 bits per heavy atom. The summed E-state index contributed by atoms with van der Waals surface area (Å²) in [6.07, 6.45) is 7.21. The number of Topliss-reactive ketones (excluding diaryl/α,β-unsaturated/α-hetero) is 1. The van der Waals surface area contributed by atoms with Crippen molar-refractivity contribution in [3.05, 3.63) is 58.2 Å². The summed E-state index contributed by atoms with van der Waals surface area (Å²) in [6, 6.07) is 4.29. The van der Waals surface area contributed by atoms with Gasteiger partial charge in [-0.2, -0.15) is 0 Å². The van der Waals surface area contributed by atoms with Crippen LogP contribution in [0.4, 0.5) is 0 Å². The third-order valence-corrected chi connectivity index (χ3v) is 6.46. The molecular weight excluding hydrogens is 380 g/mol. The lowest BCUT2D eigenvalue weighted by Crippen LogP contribution is -2.21. The van der Waals surface area contributed by atoms with Crippen molar-refractivity contribution in [2.45, 2.75) is 64.8 Å². The van der Waals surface area contributed by atoms with E-state index < -0.39 is 0 Å². The highest BCUT2D eigenvalue weighted by Crippen LogP contribution is 2.37. The molecule has 1 heterocycles. The highest BCUT2D eigenvalue weighted by molar-refractivity contribution is 7.99. The second kappa shape index (κ2) is 9.57. The van der Waals surface area contributed by atoms with Gasteiger partial charge in [0, 0.05) is 19.0 Å². The van der Waals surface area contributed by atoms with Gasteiger partial charge in [0.15, 0.2) is 5.78 Å². The van der Waals surface area contributed by atoms with Crippen molar-refractivity contribution in [3.63, 3.8) is 0 Å². The molecule has 154 valence electrons. The van der Waals surface area contributed by atoms with Gasteiger partial charge in [-0.05, 0) is 61.5 Å². The summed E-state index contributed by atoms with van der Waals surface area (Å²) in [5, 5.41) is 11.7. The molecule has 0 saturated carbocycles. The maximum Gasteiger partial charge on any atom is 0.167 e. The lowest BCUT2D eigenvalue weighted by molar-refractivity contribution is -0.115. The van der Waals surface area contributed by atoms with E-state index in [-0.39, 0.29) is 17.5 Å². The van der Waals surface area contributed by atoms with E-state index >= 15 is 0 Å². The maximum atomic E-state index is 13.1. The number of allylic oxidation sites excluding steroid dienone is 2. The molecule has 29 heavy (non-hydrogen) atoms. The standard InChI is InChI=1S/C24H30N2O2S/c1-5-18-9-15(3)10-19(6-2)23(18)24-20(27)11-17(12-21(24)28)7-8-29-22-14-25-16(4)13-26-22/h9-10,13-14,17,27H,5-8,11-12H2,1-4H3. The summed E-state index contributed by atoms with van der Waals surface area (Å²) < 4.78 is 0. The second-order valence-electron chi connectivity index (χ2n) is 7.82. The predicted octanol–water partition coefficient (Wildman–Crippen LogP) is 5.65. The van der Waals surface area contributed by atoms with Crippen LogP contribution in [-0.2, 0) is 17.6 Å².